The fraction of sp³-hybridized carbons (Fsp3) is 0.105. The monoisotopic (exact) mass is 368 g/mol. The second-order valence-corrected chi connectivity index (χ2v) is 5.42. The number of benzene rings is 2. The van der Waals surface area contributed by atoms with Crippen LogP contribution >= 0.6 is 0 Å². The highest BCUT2D eigenvalue weighted by atomic mass is 19.1. The van der Waals surface area contributed by atoms with E-state index in [0.717, 1.165) is 0 Å². The first-order valence-corrected chi connectivity index (χ1v) is 7.97. The highest BCUT2D eigenvalue weighted by Crippen LogP contribution is 2.29. The van der Waals surface area contributed by atoms with Crippen LogP contribution in [0.3, 0.4) is 0 Å². The Kier molecular flexibility index (Phi) is 5.46. The number of para-hydroxylation sites is 1. The van der Waals surface area contributed by atoms with Gasteiger partial charge in [-0.2, -0.15) is 0 Å². The predicted molar refractivity (Wildman–Crippen MR) is 99.2 cm³/mol. The van der Waals surface area contributed by atoms with Gasteiger partial charge in [-0.3, -0.25) is 4.79 Å². The Hall–Kier alpha value is -3.68. The fourth-order valence-corrected chi connectivity index (χ4v) is 2.31. The van der Waals surface area contributed by atoms with Crippen molar-refractivity contribution < 1.29 is 18.7 Å². The van der Waals surface area contributed by atoms with Crippen molar-refractivity contribution in [2.24, 2.45) is 0 Å². The second kappa shape index (κ2) is 8.13. The average molecular weight is 368 g/mol. The second-order valence-electron chi connectivity index (χ2n) is 5.42. The van der Waals surface area contributed by atoms with E-state index in [0.29, 0.717) is 17.2 Å². The van der Waals surface area contributed by atoms with Gasteiger partial charge in [0.1, 0.15) is 5.82 Å². The molecule has 0 saturated heterocycles. The van der Waals surface area contributed by atoms with Crippen molar-refractivity contribution in [2.75, 3.05) is 24.9 Å². The van der Waals surface area contributed by atoms with Crippen LogP contribution in [0.1, 0.15) is 10.4 Å². The van der Waals surface area contributed by atoms with Gasteiger partial charge in [0.25, 0.3) is 5.91 Å². The maximum absolute atomic E-state index is 13.6. The van der Waals surface area contributed by atoms with Crippen LogP contribution in [-0.4, -0.2) is 30.1 Å². The summed E-state index contributed by atoms with van der Waals surface area (Å²) in [5, 5.41) is 5.48. The number of methoxy groups -OCH3 is 2. The van der Waals surface area contributed by atoms with Crippen LogP contribution in [-0.2, 0) is 0 Å². The first-order chi connectivity index (χ1) is 13.1. The predicted octanol–water partition coefficient (Wildman–Crippen LogP) is 3.63. The largest absolute Gasteiger partial charge is 0.493 e. The summed E-state index contributed by atoms with van der Waals surface area (Å²) >= 11 is 0. The number of halogens is 1. The van der Waals surface area contributed by atoms with Crippen molar-refractivity contribution in [3.63, 3.8) is 0 Å². The summed E-state index contributed by atoms with van der Waals surface area (Å²) in [5.41, 5.74) is 1.04. The van der Waals surface area contributed by atoms with Gasteiger partial charge in [-0.05, 0) is 24.3 Å². The summed E-state index contributed by atoms with van der Waals surface area (Å²) in [7, 11) is 3.04. The minimum Gasteiger partial charge on any atom is -0.493 e. The highest BCUT2D eigenvalue weighted by molar-refractivity contribution is 6.04. The zero-order chi connectivity index (χ0) is 19.2. The summed E-state index contributed by atoms with van der Waals surface area (Å²) < 4.78 is 24.0. The summed E-state index contributed by atoms with van der Waals surface area (Å²) in [4.78, 5) is 20.4. The Balaban J connectivity index is 1.70. The van der Waals surface area contributed by atoms with E-state index in [1.807, 2.05) is 0 Å². The van der Waals surface area contributed by atoms with Crippen LogP contribution in [0.25, 0.3) is 0 Å². The molecule has 0 atom stereocenters. The molecule has 27 heavy (non-hydrogen) atoms. The van der Waals surface area contributed by atoms with Gasteiger partial charge in [0.2, 0.25) is 5.95 Å². The molecular formula is C19H17FN4O3. The molecule has 0 fully saturated rings. The lowest BCUT2D eigenvalue weighted by Crippen LogP contribution is -2.13. The molecule has 0 bridgehead atoms. The van der Waals surface area contributed by atoms with Crippen molar-refractivity contribution >= 4 is 23.2 Å². The minimum absolute atomic E-state index is 0.183. The maximum atomic E-state index is 13.6. The molecule has 3 aromatic rings. The number of carbonyl (C=O) groups excluding carboxylic acids is 1. The molecule has 0 aliphatic rings. The standard InChI is InChI=1S/C19H17FN4O3/c1-26-16-8-7-13(9-17(16)27-2)23-18(25)12-10-21-19(22-11-12)24-15-6-4-3-5-14(15)20/h3-11H,1-2H3,(H,23,25)(H,21,22,24). The third-order valence-corrected chi connectivity index (χ3v) is 3.68. The van der Waals surface area contributed by atoms with Gasteiger partial charge in [-0.1, -0.05) is 12.1 Å². The maximum Gasteiger partial charge on any atom is 0.258 e. The number of hydrogen-bond donors (Lipinski definition) is 2. The molecule has 2 aromatic carbocycles. The lowest BCUT2D eigenvalue weighted by molar-refractivity contribution is 0.102. The minimum atomic E-state index is -0.420. The lowest BCUT2D eigenvalue weighted by Gasteiger charge is -2.10. The summed E-state index contributed by atoms with van der Waals surface area (Å²) in [6, 6.07) is 11.2. The third-order valence-electron chi connectivity index (χ3n) is 3.68. The molecule has 2 N–H and O–H groups in total. The average Bonchev–Trinajstić information content (AvgIpc) is 2.70. The Morgan fingerprint density at radius 1 is 1.00 bits per heavy atom. The summed E-state index contributed by atoms with van der Waals surface area (Å²) in [6.07, 6.45) is 2.71. The highest BCUT2D eigenvalue weighted by Gasteiger charge is 2.11. The van der Waals surface area contributed by atoms with E-state index in [-0.39, 0.29) is 23.1 Å². The van der Waals surface area contributed by atoms with E-state index in [4.69, 9.17) is 9.47 Å². The van der Waals surface area contributed by atoms with Gasteiger partial charge in [0.05, 0.1) is 25.5 Å². The zero-order valence-corrected chi connectivity index (χ0v) is 14.7. The normalized spacial score (nSPS) is 10.2. The number of nitrogens with zero attached hydrogens (tertiary/aromatic N) is 2. The smallest absolute Gasteiger partial charge is 0.258 e. The van der Waals surface area contributed by atoms with Crippen molar-refractivity contribution in [2.45, 2.75) is 0 Å². The topological polar surface area (TPSA) is 85.4 Å². The van der Waals surface area contributed by atoms with Crippen LogP contribution in [0.5, 0.6) is 11.5 Å². The van der Waals surface area contributed by atoms with Gasteiger partial charge in [0, 0.05) is 24.1 Å². The number of rotatable bonds is 6. The molecule has 0 unspecified atom stereocenters. The molecule has 1 heterocycles. The molecule has 1 amide bonds. The van der Waals surface area contributed by atoms with E-state index in [9.17, 15) is 9.18 Å². The van der Waals surface area contributed by atoms with Gasteiger partial charge in [-0.15, -0.1) is 0 Å². The van der Waals surface area contributed by atoms with Crippen LogP contribution in [0.15, 0.2) is 54.9 Å². The number of aromatic nitrogens is 2. The number of carbonyl (C=O) groups is 1. The van der Waals surface area contributed by atoms with Crippen molar-refractivity contribution in [1.82, 2.24) is 9.97 Å². The quantitative estimate of drug-likeness (QED) is 0.691. The Morgan fingerprint density at radius 2 is 1.70 bits per heavy atom. The molecule has 0 radical (unpaired) electrons. The molecule has 3 rings (SSSR count). The molecular weight excluding hydrogens is 351 g/mol. The first kappa shape index (κ1) is 18.1. The van der Waals surface area contributed by atoms with Crippen LogP contribution in [0, 0.1) is 5.82 Å². The summed E-state index contributed by atoms with van der Waals surface area (Å²) in [6.45, 7) is 0. The van der Waals surface area contributed by atoms with E-state index in [1.54, 1.807) is 36.4 Å². The SMILES string of the molecule is COc1ccc(NC(=O)c2cnc(Nc3ccccc3F)nc2)cc1OC. The summed E-state index contributed by atoms with van der Waals surface area (Å²) in [5.74, 6) is 0.428. The third kappa shape index (κ3) is 4.30. The van der Waals surface area contributed by atoms with Gasteiger partial charge >= 0.3 is 0 Å². The van der Waals surface area contributed by atoms with Crippen LogP contribution < -0.4 is 20.1 Å². The Bertz CT molecular complexity index is 948. The zero-order valence-electron chi connectivity index (χ0n) is 14.7. The molecule has 7 nitrogen and oxygen atoms in total. The first-order valence-electron chi connectivity index (χ1n) is 7.97. The molecule has 0 aliphatic heterocycles. The number of anilines is 3. The van der Waals surface area contributed by atoms with E-state index < -0.39 is 5.82 Å². The number of hydrogen-bond acceptors (Lipinski definition) is 6. The number of nitrogens with one attached hydrogen (secondary N) is 2. The number of ether oxygens (including phenoxy) is 2. The van der Waals surface area contributed by atoms with Crippen molar-refractivity contribution in [1.29, 1.82) is 0 Å². The Labute approximate surface area is 155 Å². The van der Waals surface area contributed by atoms with Gasteiger partial charge in [-0.25, -0.2) is 14.4 Å². The molecule has 8 heteroatoms. The molecule has 0 saturated carbocycles. The van der Waals surface area contributed by atoms with Gasteiger partial charge in [0.15, 0.2) is 11.5 Å². The van der Waals surface area contributed by atoms with Gasteiger partial charge < -0.3 is 20.1 Å². The van der Waals surface area contributed by atoms with Crippen LogP contribution in [0.4, 0.5) is 21.7 Å². The van der Waals surface area contributed by atoms with E-state index in [2.05, 4.69) is 20.6 Å². The van der Waals surface area contributed by atoms with Crippen LogP contribution in [0.2, 0.25) is 0 Å². The Morgan fingerprint density at radius 3 is 2.37 bits per heavy atom. The van der Waals surface area contributed by atoms with E-state index in [1.165, 1.54) is 32.7 Å². The fourth-order valence-electron chi connectivity index (χ4n) is 2.31. The molecule has 138 valence electrons. The molecule has 0 spiro atoms. The molecule has 0 aliphatic carbocycles. The van der Waals surface area contributed by atoms with Crippen molar-refractivity contribution in [3.8, 4) is 11.5 Å². The lowest BCUT2D eigenvalue weighted by atomic mass is 10.2. The van der Waals surface area contributed by atoms with Crippen molar-refractivity contribution in [3.05, 3.63) is 66.2 Å². The number of amides is 1. The molecule has 1 aromatic heterocycles. The van der Waals surface area contributed by atoms with E-state index >= 15 is 0 Å².